The molecule has 0 amide bonds. The summed E-state index contributed by atoms with van der Waals surface area (Å²) in [4.78, 5) is 13.2. The smallest absolute Gasteiger partial charge is 0.326 e. The van der Waals surface area contributed by atoms with Crippen LogP contribution in [0.1, 0.15) is 38.4 Å². The van der Waals surface area contributed by atoms with Crippen LogP contribution in [0.3, 0.4) is 0 Å². The number of ether oxygens (including phenoxy) is 1. The molecule has 1 saturated carbocycles. The first-order valence-corrected chi connectivity index (χ1v) is 8.19. The van der Waals surface area contributed by atoms with Crippen LogP contribution in [-0.2, 0) is 9.53 Å². The van der Waals surface area contributed by atoms with Crippen molar-refractivity contribution < 1.29 is 13.9 Å². The fraction of sp³-hybridized carbons (Fsp3) is 0.667. The van der Waals surface area contributed by atoms with E-state index in [1.165, 1.54) is 4.90 Å². The van der Waals surface area contributed by atoms with Gasteiger partial charge in [-0.25, -0.2) is 0 Å². The van der Waals surface area contributed by atoms with Crippen molar-refractivity contribution in [3.05, 3.63) is 18.1 Å². The molecule has 0 spiro atoms. The van der Waals surface area contributed by atoms with Crippen molar-refractivity contribution in [3.63, 3.8) is 0 Å². The Balaban J connectivity index is 1.88. The molecule has 2 atom stereocenters. The zero-order valence-electron chi connectivity index (χ0n) is 12.2. The number of esters is 1. The molecular formula is C15H23NO3S. The molecule has 1 aromatic heterocycles. The van der Waals surface area contributed by atoms with Crippen molar-refractivity contribution >= 4 is 17.7 Å². The topological polar surface area (TPSA) is 65.5 Å². The molecule has 1 aliphatic rings. The molecule has 2 N–H and O–H groups in total. The van der Waals surface area contributed by atoms with Crippen molar-refractivity contribution in [2.24, 2.45) is 11.7 Å². The molecular weight excluding hydrogens is 274 g/mol. The number of carbonyl (C=O) groups excluding carboxylic acids is 1. The summed E-state index contributed by atoms with van der Waals surface area (Å²) in [5, 5.41) is 0. The maximum absolute atomic E-state index is 12.1. The molecule has 1 aliphatic carbocycles. The summed E-state index contributed by atoms with van der Waals surface area (Å²) in [7, 11) is 0. The van der Waals surface area contributed by atoms with Gasteiger partial charge in [0.25, 0.3) is 0 Å². The fourth-order valence-corrected chi connectivity index (χ4v) is 3.90. The average Bonchev–Trinajstić information content (AvgIpc) is 2.98. The van der Waals surface area contributed by atoms with Gasteiger partial charge < -0.3 is 14.9 Å². The van der Waals surface area contributed by atoms with Gasteiger partial charge in [0.15, 0.2) is 0 Å². The third-order valence-corrected chi connectivity index (χ3v) is 5.24. The monoisotopic (exact) mass is 297 g/mol. The van der Waals surface area contributed by atoms with E-state index in [4.69, 9.17) is 14.9 Å². The Morgan fingerprint density at radius 1 is 1.65 bits per heavy atom. The summed E-state index contributed by atoms with van der Waals surface area (Å²) in [6, 6.07) is 1.98. The van der Waals surface area contributed by atoms with E-state index >= 15 is 0 Å². The summed E-state index contributed by atoms with van der Waals surface area (Å²) in [6.07, 6.45) is 5.41. The maximum atomic E-state index is 12.1. The minimum absolute atomic E-state index is 0.223. The highest BCUT2D eigenvalue weighted by atomic mass is 32.2. The standard InChI is InChI=1S/C15H23NO3S/c1-3-18-14(17)15(16)8-4-5-12(15)7-10-20-13-6-9-19-11(13)2/h6,9,12H,3-5,7-8,10,16H2,1-2H3. The molecule has 20 heavy (non-hydrogen) atoms. The van der Waals surface area contributed by atoms with Crippen LogP contribution >= 0.6 is 11.8 Å². The third kappa shape index (κ3) is 3.20. The lowest BCUT2D eigenvalue weighted by atomic mass is 9.86. The molecule has 0 bridgehead atoms. The predicted molar refractivity (Wildman–Crippen MR) is 79.7 cm³/mol. The first kappa shape index (κ1) is 15.4. The van der Waals surface area contributed by atoms with Gasteiger partial charge in [0.2, 0.25) is 0 Å². The lowest BCUT2D eigenvalue weighted by Crippen LogP contribution is -2.52. The van der Waals surface area contributed by atoms with Gasteiger partial charge in [0.1, 0.15) is 11.3 Å². The van der Waals surface area contributed by atoms with Crippen LogP contribution in [0.25, 0.3) is 0 Å². The first-order valence-electron chi connectivity index (χ1n) is 7.21. The van der Waals surface area contributed by atoms with Crippen molar-refractivity contribution in [1.29, 1.82) is 0 Å². The Bertz CT molecular complexity index is 460. The highest BCUT2D eigenvalue weighted by Gasteiger charge is 2.46. The number of furan rings is 1. The van der Waals surface area contributed by atoms with E-state index in [-0.39, 0.29) is 11.9 Å². The number of carbonyl (C=O) groups is 1. The van der Waals surface area contributed by atoms with Crippen LogP contribution in [0, 0.1) is 12.8 Å². The second-order valence-corrected chi connectivity index (χ2v) is 6.46. The van der Waals surface area contributed by atoms with Gasteiger partial charge in [-0.15, -0.1) is 11.8 Å². The van der Waals surface area contributed by atoms with Gasteiger partial charge in [-0.05, 0) is 50.8 Å². The zero-order valence-corrected chi connectivity index (χ0v) is 13.0. The summed E-state index contributed by atoms with van der Waals surface area (Å²) in [5.74, 6) is 1.89. The SMILES string of the molecule is CCOC(=O)C1(N)CCCC1CCSc1ccoc1C. The zero-order chi connectivity index (χ0) is 14.6. The van der Waals surface area contributed by atoms with Crippen molar-refractivity contribution in [1.82, 2.24) is 0 Å². The number of aryl methyl sites for hydroxylation is 1. The normalized spacial score (nSPS) is 25.9. The molecule has 2 rings (SSSR count). The summed E-state index contributed by atoms with van der Waals surface area (Å²) >= 11 is 1.76. The van der Waals surface area contributed by atoms with E-state index in [1.54, 1.807) is 18.0 Å². The fourth-order valence-electron chi connectivity index (χ4n) is 2.87. The number of hydrogen-bond acceptors (Lipinski definition) is 5. The second kappa shape index (κ2) is 6.68. The number of hydrogen-bond donors (Lipinski definition) is 1. The Morgan fingerprint density at radius 2 is 2.45 bits per heavy atom. The quantitative estimate of drug-likeness (QED) is 0.645. The molecule has 5 heteroatoms. The molecule has 2 unspecified atom stereocenters. The van der Waals surface area contributed by atoms with Crippen LogP contribution in [0.4, 0.5) is 0 Å². The van der Waals surface area contributed by atoms with Gasteiger partial charge in [0.05, 0.1) is 12.9 Å². The summed E-state index contributed by atoms with van der Waals surface area (Å²) in [6.45, 7) is 4.18. The van der Waals surface area contributed by atoms with Crippen LogP contribution in [0.2, 0.25) is 0 Å². The Hall–Kier alpha value is -0.940. The number of nitrogens with two attached hydrogens (primary N) is 1. The lowest BCUT2D eigenvalue weighted by Gasteiger charge is -2.28. The van der Waals surface area contributed by atoms with Gasteiger partial charge in [-0.3, -0.25) is 4.79 Å². The van der Waals surface area contributed by atoms with E-state index in [1.807, 2.05) is 19.9 Å². The molecule has 0 aliphatic heterocycles. The van der Waals surface area contributed by atoms with Gasteiger partial charge in [-0.1, -0.05) is 6.42 Å². The van der Waals surface area contributed by atoms with Crippen LogP contribution < -0.4 is 5.73 Å². The molecule has 1 heterocycles. The van der Waals surface area contributed by atoms with Crippen molar-refractivity contribution in [3.8, 4) is 0 Å². The Kier molecular flexibility index (Phi) is 5.16. The van der Waals surface area contributed by atoms with E-state index < -0.39 is 5.54 Å². The minimum atomic E-state index is -0.776. The molecule has 1 aromatic rings. The highest BCUT2D eigenvalue weighted by molar-refractivity contribution is 7.99. The predicted octanol–water partition coefficient (Wildman–Crippen LogP) is 3.13. The Labute approximate surface area is 124 Å². The molecule has 1 fully saturated rings. The second-order valence-electron chi connectivity index (χ2n) is 5.33. The molecule has 0 radical (unpaired) electrons. The minimum Gasteiger partial charge on any atom is -0.468 e. The van der Waals surface area contributed by atoms with Crippen LogP contribution in [0.15, 0.2) is 21.6 Å². The first-order chi connectivity index (χ1) is 9.58. The van der Waals surface area contributed by atoms with Gasteiger partial charge in [0, 0.05) is 4.90 Å². The van der Waals surface area contributed by atoms with Crippen molar-refractivity contribution in [2.75, 3.05) is 12.4 Å². The third-order valence-electron chi connectivity index (χ3n) is 4.06. The van der Waals surface area contributed by atoms with Gasteiger partial charge >= 0.3 is 5.97 Å². The summed E-state index contributed by atoms with van der Waals surface area (Å²) < 4.78 is 10.4. The highest BCUT2D eigenvalue weighted by Crippen LogP contribution is 2.38. The molecule has 0 aromatic carbocycles. The largest absolute Gasteiger partial charge is 0.468 e. The Morgan fingerprint density at radius 3 is 3.10 bits per heavy atom. The van der Waals surface area contributed by atoms with Crippen molar-refractivity contribution in [2.45, 2.75) is 50.0 Å². The van der Waals surface area contributed by atoms with E-state index in [2.05, 4.69) is 0 Å². The molecule has 4 nitrogen and oxygen atoms in total. The van der Waals surface area contributed by atoms with Gasteiger partial charge in [-0.2, -0.15) is 0 Å². The lowest BCUT2D eigenvalue weighted by molar-refractivity contribution is -0.151. The van der Waals surface area contributed by atoms with E-state index in [0.29, 0.717) is 6.61 Å². The molecule has 0 saturated heterocycles. The van der Waals surface area contributed by atoms with E-state index in [0.717, 1.165) is 37.2 Å². The number of rotatable bonds is 6. The van der Waals surface area contributed by atoms with E-state index in [9.17, 15) is 4.79 Å². The maximum Gasteiger partial charge on any atom is 0.326 e. The molecule has 112 valence electrons. The number of thioether (sulfide) groups is 1. The summed E-state index contributed by atoms with van der Waals surface area (Å²) in [5.41, 5.74) is 5.54. The average molecular weight is 297 g/mol. The van der Waals surface area contributed by atoms with Crippen LogP contribution in [-0.4, -0.2) is 23.9 Å². The van der Waals surface area contributed by atoms with Crippen LogP contribution in [0.5, 0.6) is 0 Å².